The summed E-state index contributed by atoms with van der Waals surface area (Å²) in [6.07, 6.45) is 1.44. The van der Waals surface area contributed by atoms with Crippen LogP contribution >= 0.6 is 0 Å². The summed E-state index contributed by atoms with van der Waals surface area (Å²) in [5, 5.41) is 0. The fourth-order valence-corrected chi connectivity index (χ4v) is 4.40. The largest absolute Gasteiger partial charge is 0.379 e. The van der Waals surface area contributed by atoms with Crippen molar-refractivity contribution < 1.29 is 13.2 Å². The number of ether oxygens (including phenoxy) is 1. The van der Waals surface area contributed by atoms with E-state index in [1.165, 1.54) is 27.2 Å². The highest BCUT2D eigenvalue weighted by Crippen LogP contribution is 2.20. The minimum absolute atomic E-state index is 0.225. The van der Waals surface area contributed by atoms with Crippen LogP contribution in [-0.4, -0.2) is 51.1 Å². The molecule has 3 rings (SSSR count). The molecule has 0 bridgehead atoms. The molecule has 1 aliphatic heterocycles. The van der Waals surface area contributed by atoms with Crippen molar-refractivity contribution in [2.75, 3.05) is 38.3 Å². The third-order valence-electron chi connectivity index (χ3n) is 4.63. The van der Waals surface area contributed by atoms with Crippen molar-refractivity contribution in [3.05, 3.63) is 53.2 Å². The maximum absolute atomic E-state index is 12.7. The lowest BCUT2D eigenvalue weighted by Gasteiger charge is -2.26. The molecule has 140 valence electrons. The first-order chi connectivity index (χ1) is 12.4. The zero-order valence-corrected chi connectivity index (χ0v) is 16.3. The van der Waals surface area contributed by atoms with Crippen molar-refractivity contribution in [3.8, 4) is 0 Å². The maximum atomic E-state index is 12.7. The number of nitrogens with zero attached hydrogens (tertiary/aromatic N) is 3. The van der Waals surface area contributed by atoms with E-state index in [2.05, 4.69) is 37.0 Å². The summed E-state index contributed by atoms with van der Waals surface area (Å²) in [4.78, 5) is 6.61. The van der Waals surface area contributed by atoms with E-state index >= 15 is 0 Å². The number of morpholine rings is 1. The Morgan fingerprint density at radius 3 is 2.50 bits per heavy atom. The summed E-state index contributed by atoms with van der Waals surface area (Å²) in [5.74, 6) is 0.742. The monoisotopic (exact) mass is 375 g/mol. The first-order valence-electron chi connectivity index (χ1n) is 8.69. The van der Waals surface area contributed by atoms with E-state index in [0.29, 0.717) is 32.8 Å². The summed E-state index contributed by atoms with van der Waals surface area (Å²) in [6, 6.07) is 9.77. The molecule has 0 unspecified atom stereocenters. The first kappa shape index (κ1) is 18.8. The number of anilines is 1. The van der Waals surface area contributed by atoms with Crippen LogP contribution in [0.5, 0.6) is 0 Å². The number of pyridine rings is 1. The molecule has 1 fully saturated rings. The minimum Gasteiger partial charge on any atom is -0.379 e. The molecular weight excluding hydrogens is 350 g/mol. The highest BCUT2D eigenvalue weighted by Gasteiger charge is 2.26. The fraction of sp³-hybridized carbons (Fsp3) is 0.421. The third-order valence-corrected chi connectivity index (χ3v) is 6.51. The number of rotatable bonds is 5. The summed E-state index contributed by atoms with van der Waals surface area (Å²) in [6.45, 7) is 6.53. The molecule has 6 nitrogen and oxygen atoms in total. The van der Waals surface area contributed by atoms with Crippen LogP contribution in [0.15, 0.2) is 41.4 Å². The molecule has 7 heteroatoms. The van der Waals surface area contributed by atoms with Crippen molar-refractivity contribution in [2.45, 2.75) is 25.3 Å². The zero-order chi connectivity index (χ0) is 18.7. The van der Waals surface area contributed by atoms with Crippen LogP contribution < -0.4 is 4.90 Å². The van der Waals surface area contributed by atoms with Gasteiger partial charge < -0.3 is 9.64 Å². The van der Waals surface area contributed by atoms with E-state index in [1.807, 2.05) is 11.9 Å². The van der Waals surface area contributed by atoms with E-state index in [9.17, 15) is 8.42 Å². The second kappa shape index (κ2) is 7.73. The average Bonchev–Trinajstić information content (AvgIpc) is 2.65. The first-order valence-corrected chi connectivity index (χ1v) is 10.1. The number of hydrogen-bond acceptors (Lipinski definition) is 5. The van der Waals surface area contributed by atoms with Gasteiger partial charge in [-0.1, -0.05) is 23.8 Å². The molecule has 0 aliphatic carbocycles. The van der Waals surface area contributed by atoms with Crippen molar-refractivity contribution in [2.24, 2.45) is 0 Å². The van der Waals surface area contributed by atoms with Gasteiger partial charge in [0.1, 0.15) is 10.7 Å². The number of aromatic nitrogens is 1. The number of hydrogen-bond donors (Lipinski definition) is 0. The zero-order valence-electron chi connectivity index (χ0n) is 15.5. The predicted octanol–water partition coefficient (Wildman–Crippen LogP) is 2.36. The Bertz CT molecular complexity index is 860. The van der Waals surface area contributed by atoms with Crippen LogP contribution in [0.25, 0.3) is 0 Å². The SMILES string of the molecule is Cc1ccc(CN(C)c2ccc(S(=O)(=O)N3CCOCC3)cn2)c(C)c1. The molecule has 0 atom stereocenters. The fourth-order valence-electron chi connectivity index (χ4n) is 3.05. The Kier molecular flexibility index (Phi) is 5.60. The van der Waals surface area contributed by atoms with Gasteiger partial charge in [0.25, 0.3) is 0 Å². The number of benzene rings is 1. The van der Waals surface area contributed by atoms with Crippen LogP contribution in [0.2, 0.25) is 0 Å². The molecule has 1 saturated heterocycles. The van der Waals surface area contributed by atoms with Gasteiger partial charge in [0.2, 0.25) is 10.0 Å². The lowest BCUT2D eigenvalue weighted by molar-refractivity contribution is 0.0730. The number of aryl methyl sites for hydroxylation is 2. The lowest BCUT2D eigenvalue weighted by Crippen LogP contribution is -2.40. The molecule has 0 amide bonds. The molecule has 0 spiro atoms. The van der Waals surface area contributed by atoms with E-state index in [-0.39, 0.29) is 4.90 Å². The van der Waals surface area contributed by atoms with Crippen molar-refractivity contribution >= 4 is 15.8 Å². The summed E-state index contributed by atoms with van der Waals surface area (Å²) in [5.41, 5.74) is 3.71. The van der Waals surface area contributed by atoms with Crippen LogP contribution in [0, 0.1) is 13.8 Å². The van der Waals surface area contributed by atoms with Gasteiger partial charge >= 0.3 is 0 Å². The van der Waals surface area contributed by atoms with Gasteiger partial charge in [-0.15, -0.1) is 0 Å². The molecule has 1 aromatic heterocycles. The molecule has 0 N–H and O–H groups in total. The third kappa shape index (κ3) is 4.06. The molecule has 2 heterocycles. The number of sulfonamides is 1. The predicted molar refractivity (Wildman–Crippen MR) is 102 cm³/mol. The normalized spacial score (nSPS) is 15.8. The molecular formula is C19H25N3O3S. The van der Waals surface area contributed by atoms with Crippen molar-refractivity contribution in [1.29, 1.82) is 0 Å². The van der Waals surface area contributed by atoms with E-state index in [0.717, 1.165) is 5.82 Å². The Morgan fingerprint density at radius 1 is 1.15 bits per heavy atom. The Labute approximate surface area is 155 Å². The molecule has 0 radical (unpaired) electrons. The highest BCUT2D eigenvalue weighted by atomic mass is 32.2. The van der Waals surface area contributed by atoms with E-state index in [1.54, 1.807) is 12.1 Å². The van der Waals surface area contributed by atoms with Gasteiger partial charge in [0.05, 0.1) is 13.2 Å². The Morgan fingerprint density at radius 2 is 1.88 bits per heavy atom. The van der Waals surface area contributed by atoms with Gasteiger partial charge in [-0.05, 0) is 37.1 Å². The maximum Gasteiger partial charge on any atom is 0.244 e. The second-order valence-corrected chi connectivity index (χ2v) is 8.59. The van der Waals surface area contributed by atoms with Crippen LogP contribution in [0.1, 0.15) is 16.7 Å². The average molecular weight is 375 g/mol. The molecule has 0 saturated carbocycles. The lowest BCUT2D eigenvalue weighted by atomic mass is 10.1. The van der Waals surface area contributed by atoms with E-state index < -0.39 is 10.0 Å². The van der Waals surface area contributed by atoms with E-state index in [4.69, 9.17) is 4.74 Å². The molecule has 26 heavy (non-hydrogen) atoms. The summed E-state index contributed by atoms with van der Waals surface area (Å²) in [7, 11) is -1.55. The van der Waals surface area contributed by atoms with Crippen molar-refractivity contribution in [3.63, 3.8) is 0 Å². The van der Waals surface area contributed by atoms with Gasteiger partial charge in [0.15, 0.2) is 0 Å². The van der Waals surface area contributed by atoms with Crippen molar-refractivity contribution in [1.82, 2.24) is 9.29 Å². The van der Waals surface area contributed by atoms with Gasteiger partial charge in [0, 0.05) is 32.9 Å². The van der Waals surface area contributed by atoms with Crippen LogP contribution in [-0.2, 0) is 21.3 Å². The Balaban J connectivity index is 1.74. The van der Waals surface area contributed by atoms with Gasteiger partial charge in [-0.3, -0.25) is 0 Å². The van der Waals surface area contributed by atoms with Gasteiger partial charge in [-0.2, -0.15) is 4.31 Å². The van der Waals surface area contributed by atoms with Crippen LogP contribution in [0.4, 0.5) is 5.82 Å². The Hall–Kier alpha value is -1.96. The van der Waals surface area contributed by atoms with Crippen LogP contribution in [0.3, 0.4) is 0 Å². The summed E-state index contributed by atoms with van der Waals surface area (Å²) < 4.78 is 32.0. The standard InChI is InChI=1S/C19H25N3O3S/c1-15-4-5-17(16(2)12-15)14-21(3)19-7-6-18(13-20-19)26(23,24)22-8-10-25-11-9-22/h4-7,12-13H,8-11,14H2,1-3H3. The highest BCUT2D eigenvalue weighted by molar-refractivity contribution is 7.89. The summed E-state index contributed by atoms with van der Waals surface area (Å²) >= 11 is 0. The topological polar surface area (TPSA) is 62.7 Å². The molecule has 1 aliphatic rings. The van der Waals surface area contributed by atoms with Gasteiger partial charge in [-0.25, -0.2) is 13.4 Å². The second-order valence-electron chi connectivity index (χ2n) is 6.65. The minimum atomic E-state index is -3.50. The smallest absolute Gasteiger partial charge is 0.244 e. The quantitative estimate of drug-likeness (QED) is 0.803. The molecule has 1 aromatic carbocycles. The molecule has 2 aromatic rings.